The molecule has 7 heteroatoms. The highest BCUT2D eigenvalue weighted by Gasteiger charge is 2.47. The molecule has 1 N–H and O–H groups in total. The monoisotopic (exact) mass is 447 g/mol. The predicted molar refractivity (Wildman–Crippen MR) is 123 cm³/mol. The fraction of sp³-hybridized carbons (Fsp3) is 0.200. The summed E-state index contributed by atoms with van der Waals surface area (Å²) in [5.41, 5.74) is 0.688. The van der Waals surface area contributed by atoms with Crippen LogP contribution in [-0.2, 0) is 24.4 Å². The van der Waals surface area contributed by atoms with Crippen LogP contribution < -0.4 is 5.32 Å². The minimum atomic E-state index is -1.18. The lowest BCUT2D eigenvalue weighted by Crippen LogP contribution is -2.63. The third kappa shape index (κ3) is 3.39. The van der Waals surface area contributed by atoms with Crippen molar-refractivity contribution in [1.82, 2.24) is 14.8 Å². The van der Waals surface area contributed by atoms with Crippen molar-refractivity contribution < 1.29 is 14.0 Å². The number of hydrogen-bond acceptors (Lipinski definition) is 3. The molecule has 4 aromatic rings. The molecule has 0 fully saturated rings. The van der Waals surface area contributed by atoms with Gasteiger partial charge in [0.05, 0.1) is 13.1 Å². The smallest absolute Gasteiger partial charge is 0.271 e. The number of fused-ring (bicyclic) bond motifs is 3. The Morgan fingerprint density at radius 1 is 1.12 bits per heavy atom. The molecular formula is C25H22FN3O2S. The Bertz CT molecular complexity index is 1310. The molecular weight excluding hydrogens is 425 g/mol. The molecule has 1 aliphatic heterocycles. The Labute approximate surface area is 189 Å². The molecule has 3 heterocycles. The topological polar surface area (TPSA) is 54.3 Å². The van der Waals surface area contributed by atoms with Crippen LogP contribution in [0.3, 0.4) is 0 Å². The SMILES string of the molecule is C[C@@]1(C(=O)NCc2ccccc2)Cn2c(cc3ccsc32)C(=O)N1Cc1ccccc1F. The van der Waals surface area contributed by atoms with Gasteiger partial charge < -0.3 is 14.8 Å². The second-order valence-corrected chi connectivity index (χ2v) is 9.12. The van der Waals surface area contributed by atoms with Gasteiger partial charge in [0.15, 0.2) is 0 Å². The average Bonchev–Trinajstić information content (AvgIpc) is 3.39. The molecule has 1 atom stereocenters. The van der Waals surface area contributed by atoms with Crippen LogP contribution in [0.2, 0.25) is 0 Å². The average molecular weight is 448 g/mol. The minimum absolute atomic E-state index is 0.0135. The predicted octanol–water partition coefficient (Wildman–Crippen LogP) is 4.57. The molecule has 2 aromatic heterocycles. The summed E-state index contributed by atoms with van der Waals surface area (Å²) >= 11 is 1.54. The molecule has 0 saturated carbocycles. The Hall–Kier alpha value is -3.45. The molecule has 0 unspecified atom stereocenters. The van der Waals surface area contributed by atoms with Crippen LogP contribution >= 0.6 is 11.3 Å². The third-order valence-electron chi connectivity index (χ3n) is 6.10. The summed E-state index contributed by atoms with van der Waals surface area (Å²) in [6.07, 6.45) is 0. The van der Waals surface area contributed by atoms with E-state index in [9.17, 15) is 14.0 Å². The Morgan fingerprint density at radius 3 is 2.66 bits per heavy atom. The van der Waals surface area contributed by atoms with Gasteiger partial charge in [-0.15, -0.1) is 11.3 Å². The van der Waals surface area contributed by atoms with Crippen molar-refractivity contribution in [2.75, 3.05) is 0 Å². The van der Waals surface area contributed by atoms with Gasteiger partial charge in [0.2, 0.25) is 5.91 Å². The third-order valence-corrected chi connectivity index (χ3v) is 7.05. The van der Waals surface area contributed by atoms with Crippen molar-refractivity contribution in [3.05, 3.63) is 94.7 Å². The molecule has 32 heavy (non-hydrogen) atoms. The number of nitrogens with one attached hydrogen (secondary N) is 1. The maximum atomic E-state index is 14.5. The molecule has 0 aliphatic carbocycles. The fourth-order valence-electron chi connectivity index (χ4n) is 4.27. The zero-order valence-electron chi connectivity index (χ0n) is 17.5. The minimum Gasteiger partial charge on any atom is -0.350 e. The molecule has 2 amide bonds. The number of amides is 2. The molecule has 5 rings (SSSR count). The number of halogens is 1. The van der Waals surface area contributed by atoms with Crippen LogP contribution in [0.15, 0.2) is 72.1 Å². The van der Waals surface area contributed by atoms with Gasteiger partial charge in [0.1, 0.15) is 21.9 Å². The second kappa shape index (κ2) is 7.91. The van der Waals surface area contributed by atoms with Crippen LogP contribution in [0.5, 0.6) is 0 Å². The summed E-state index contributed by atoms with van der Waals surface area (Å²) in [5.74, 6) is -0.940. The fourth-order valence-corrected chi connectivity index (χ4v) is 5.17. The zero-order chi connectivity index (χ0) is 22.3. The molecule has 0 radical (unpaired) electrons. The lowest BCUT2D eigenvalue weighted by molar-refractivity contribution is -0.133. The Morgan fingerprint density at radius 2 is 1.88 bits per heavy atom. The van der Waals surface area contributed by atoms with E-state index in [1.54, 1.807) is 36.5 Å². The largest absolute Gasteiger partial charge is 0.350 e. The number of thiophene rings is 1. The highest BCUT2D eigenvalue weighted by Crippen LogP contribution is 2.35. The van der Waals surface area contributed by atoms with Gasteiger partial charge in [-0.2, -0.15) is 0 Å². The van der Waals surface area contributed by atoms with Crippen LogP contribution in [0.4, 0.5) is 4.39 Å². The number of carbonyl (C=O) groups excluding carboxylic acids is 2. The number of benzene rings is 2. The van der Waals surface area contributed by atoms with E-state index >= 15 is 0 Å². The van der Waals surface area contributed by atoms with E-state index < -0.39 is 11.4 Å². The summed E-state index contributed by atoms with van der Waals surface area (Å²) in [5, 5.41) is 5.93. The normalized spacial score (nSPS) is 18.1. The van der Waals surface area contributed by atoms with E-state index in [2.05, 4.69) is 5.32 Å². The number of hydrogen-bond donors (Lipinski definition) is 1. The number of carbonyl (C=O) groups is 2. The number of aromatic nitrogens is 1. The Kier molecular flexibility index (Phi) is 5.06. The summed E-state index contributed by atoms with van der Waals surface area (Å²) in [6.45, 7) is 2.42. The first kappa shape index (κ1) is 20.5. The first-order valence-electron chi connectivity index (χ1n) is 10.4. The van der Waals surface area contributed by atoms with E-state index in [-0.39, 0.29) is 18.4 Å². The maximum absolute atomic E-state index is 14.5. The molecule has 2 aromatic carbocycles. The van der Waals surface area contributed by atoms with Crippen LogP contribution in [-0.4, -0.2) is 26.8 Å². The Balaban J connectivity index is 1.53. The van der Waals surface area contributed by atoms with E-state index in [0.717, 1.165) is 15.8 Å². The zero-order valence-corrected chi connectivity index (χ0v) is 18.4. The van der Waals surface area contributed by atoms with Crippen LogP contribution in [0.1, 0.15) is 28.5 Å². The first-order valence-corrected chi connectivity index (χ1v) is 11.3. The molecule has 1 aliphatic rings. The van der Waals surface area contributed by atoms with E-state index in [4.69, 9.17) is 0 Å². The molecule has 0 bridgehead atoms. The van der Waals surface area contributed by atoms with E-state index in [1.165, 1.54) is 11.0 Å². The standard InChI is InChI=1S/C25H22FN3O2S/c1-25(24(31)27-14-17-7-3-2-4-8-17)16-28-21(13-18-11-12-32-23(18)28)22(30)29(25)15-19-9-5-6-10-20(19)26/h2-13H,14-16H2,1H3,(H,27,31)/t25-/m0/s1. The van der Waals surface area contributed by atoms with E-state index in [0.29, 0.717) is 24.3 Å². The van der Waals surface area contributed by atoms with Crippen molar-refractivity contribution in [3.8, 4) is 0 Å². The molecule has 0 spiro atoms. The summed E-state index contributed by atoms with van der Waals surface area (Å²) in [6, 6.07) is 19.8. The van der Waals surface area contributed by atoms with Crippen molar-refractivity contribution in [2.24, 2.45) is 0 Å². The van der Waals surface area contributed by atoms with Crippen molar-refractivity contribution in [1.29, 1.82) is 0 Å². The summed E-state index contributed by atoms with van der Waals surface area (Å²) < 4.78 is 16.4. The highest BCUT2D eigenvalue weighted by molar-refractivity contribution is 7.16. The van der Waals surface area contributed by atoms with Gasteiger partial charge in [-0.05, 0) is 36.1 Å². The first-order chi connectivity index (χ1) is 15.5. The summed E-state index contributed by atoms with van der Waals surface area (Å²) in [4.78, 5) is 29.6. The lowest BCUT2D eigenvalue weighted by Gasteiger charge is -2.44. The van der Waals surface area contributed by atoms with Crippen molar-refractivity contribution >= 4 is 33.4 Å². The van der Waals surface area contributed by atoms with Gasteiger partial charge >= 0.3 is 0 Å². The highest BCUT2D eigenvalue weighted by atomic mass is 32.1. The quantitative estimate of drug-likeness (QED) is 0.487. The molecule has 0 saturated heterocycles. The number of rotatable bonds is 5. The van der Waals surface area contributed by atoms with Gasteiger partial charge in [-0.25, -0.2) is 4.39 Å². The van der Waals surface area contributed by atoms with Gasteiger partial charge in [-0.1, -0.05) is 48.5 Å². The van der Waals surface area contributed by atoms with E-state index in [1.807, 2.05) is 52.4 Å². The van der Waals surface area contributed by atoms with Gasteiger partial charge in [-0.3, -0.25) is 9.59 Å². The second-order valence-electron chi connectivity index (χ2n) is 8.22. The van der Waals surface area contributed by atoms with Crippen molar-refractivity contribution in [3.63, 3.8) is 0 Å². The summed E-state index contributed by atoms with van der Waals surface area (Å²) in [7, 11) is 0. The van der Waals surface area contributed by atoms with Gasteiger partial charge in [0, 0.05) is 17.5 Å². The lowest BCUT2D eigenvalue weighted by atomic mass is 9.93. The van der Waals surface area contributed by atoms with Crippen LogP contribution in [0, 0.1) is 5.82 Å². The van der Waals surface area contributed by atoms with Gasteiger partial charge in [0.25, 0.3) is 5.91 Å². The van der Waals surface area contributed by atoms with Crippen LogP contribution in [0.25, 0.3) is 10.2 Å². The number of nitrogens with zero attached hydrogens (tertiary/aromatic N) is 2. The maximum Gasteiger partial charge on any atom is 0.271 e. The van der Waals surface area contributed by atoms with Crippen molar-refractivity contribution in [2.45, 2.75) is 32.1 Å². The molecule has 162 valence electrons. The molecule has 5 nitrogen and oxygen atoms in total.